The number of ether oxygens (including phenoxy) is 1. The number of aryl methyl sites for hydroxylation is 1. The molecule has 6 heteroatoms. The summed E-state index contributed by atoms with van der Waals surface area (Å²) >= 11 is 0. The lowest BCUT2D eigenvalue weighted by Gasteiger charge is -2.38. The number of hydrogen-bond donors (Lipinski definition) is 1. The molecule has 23 heavy (non-hydrogen) atoms. The Morgan fingerprint density at radius 3 is 3.00 bits per heavy atom. The third-order valence-electron chi connectivity index (χ3n) is 3.95. The largest absolute Gasteiger partial charge is 0.487 e. The number of pyridine rings is 1. The first-order chi connectivity index (χ1) is 11.2. The summed E-state index contributed by atoms with van der Waals surface area (Å²) in [7, 11) is 0. The van der Waals surface area contributed by atoms with E-state index in [0.29, 0.717) is 24.4 Å². The second kappa shape index (κ2) is 5.39. The van der Waals surface area contributed by atoms with Crippen molar-refractivity contribution in [2.24, 2.45) is 0 Å². The number of aromatic amines is 1. The van der Waals surface area contributed by atoms with Crippen LogP contribution in [-0.2, 0) is 0 Å². The fraction of sp³-hybridized carbons (Fsp3) is 0.235. The van der Waals surface area contributed by atoms with Gasteiger partial charge in [-0.1, -0.05) is 12.1 Å². The van der Waals surface area contributed by atoms with Crippen molar-refractivity contribution in [3.05, 3.63) is 53.9 Å². The van der Waals surface area contributed by atoms with E-state index in [1.54, 1.807) is 17.2 Å². The third kappa shape index (κ3) is 2.63. The van der Waals surface area contributed by atoms with Crippen LogP contribution in [0.2, 0.25) is 0 Å². The standard InChI is InChI=1S/C17H16N4O2/c1-11-3-2-4-13(7-11)23-14-9-21(10-14)17(22)15-6-5-12-8-18-20-16(12)19-15/h2-8,14H,9-10H2,1H3,(H,18,19,20). The summed E-state index contributed by atoms with van der Waals surface area (Å²) in [4.78, 5) is 18.5. The molecule has 1 amide bonds. The van der Waals surface area contributed by atoms with Crippen LogP contribution in [0, 0.1) is 6.92 Å². The molecule has 2 aromatic heterocycles. The van der Waals surface area contributed by atoms with Gasteiger partial charge in [-0.3, -0.25) is 9.89 Å². The Bertz CT molecular complexity index is 868. The average Bonchev–Trinajstić information content (AvgIpc) is 2.97. The molecule has 0 aliphatic carbocycles. The number of likely N-dealkylation sites (tertiary alicyclic amines) is 1. The van der Waals surface area contributed by atoms with Gasteiger partial charge in [0.1, 0.15) is 17.5 Å². The van der Waals surface area contributed by atoms with Crippen LogP contribution in [0.3, 0.4) is 0 Å². The van der Waals surface area contributed by atoms with Crippen LogP contribution in [-0.4, -0.2) is 45.2 Å². The maximum Gasteiger partial charge on any atom is 0.272 e. The number of amides is 1. The van der Waals surface area contributed by atoms with Gasteiger partial charge in [-0.25, -0.2) is 4.98 Å². The molecule has 0 saturated carbocycles. The number of fused-ring (bicyclic) bond motifs is 1. The molecule has 0 spiro atoms. The van der Waals surface area contributed by atoms with E-state index < -0.39 is 0 Å². The lowest BCUT2D eigenvalue weighted by molar-refractivity contribution is 0.0173. The number of nitrogens with zero attached hydrogens (tertiary/aromatic N) is 3. The molecule has 0 bridgehead atoms. The van der Waals surface area contributed by atoms with Gasteiger partial charge in [0.15, 0.2) is 5.65 Å². The predicted octanol–water partition coefficient (Wildman–Crippen LogP) is 2.17. The second-order valence-corrected chi connectivity index (χ2v) is 5.77. The molecule has 116 valence electrons. The first kappa shape index (κ1) is 13.8. The highest BCUT2D eigenvalue weighted by Crippen LogP contribution is 2.21. The topological polar surface area (TPSA) is 71.1 Å². The number of benzene rings is 1. The fourth-order valence-electron chi connectivity index (χ4n) is 2.67. The molecule has 4 rings (SSSR count). The normalized spacial score (nSPS) is 14.7. The molecule has 3 heterocycles. The van der Waals surface area contributed by atoms with Crippen molar-refractivity contribution < 1.29 is 9.53 Å². The molecule has 3 aromatic rings. The molecule has 1 N–H and O–H groups in total. The van der Waals surface area contributed by atoms with E-state index in [1.807, 2.05) is 37.3 Å². The van der Waals surface area contributed by atoms with Gasteiger partial charge in [0.2, 0.25) is 0 Å². The van der Waals surface area contributed by atoms with Crippen LogP contribution >= 0.6 is 0 Å². The minimum atomic E-state index is -0.0782. The number of rotatable bonds is 3. The Morgan fingerprint density at radius 2 is 2.17 bits per heavy atom. The number of H-pyrrole nitrogens is 1. The zero-order valence-corrected chi connectivity index (χ0v) is 12.7. The Morgan fingerprint density at radius 1 is 1.30 bits per heavy atom. The fourth-order valence-corrected chi connectivity index (χ4v) is 2.67. The van der Waals surface area contributed by atoms with Crippen molar-refractivity contribution >= 4 is 16.9 Å². The molecule has 0 atom stereocenters. The summed E-state index contributed by atoms with van der Waals surface area (Å²) < 4.78 is 5.87. The van der Waals surface area contributed by atoms with Crippen molar-refractivity contribution in [1.29, 1.82) is 0 Å². The van der Waals surface area contributed by atoms with Crippen molar-refractivity contribution in [3.63, 3.8) is 0 Å². The van der Waals surface area contributed by atoms with E-state index in [2.05, 4.69) is 15.2 Å². The third-order valence-corrected chi connectivity index (χ3v) is 3.95. The van der Waals surface area contributed by atoms with Gasteiger partial charge in [-0.2, -0.15) is 5.10 Å². The van der Waals surface area contributed by atoms with Crippen LogP contribution in [0.25, 0.3) is 11.0 Å². The van der Waals surface area contributed by atoms with Gasteiger partial charge in [-0.15, -0.1) is 0 Å². The van der Waals surface area contributed by atoms with Gasteiger partial charge in [0, 0.05) is 5.39 Å². The van der Waals surface area contributed by atoms with Crippen LogP contribution in [0.5, 0.6) is 5.75 Å². The Hall–Kier alpha value is -2.89. The van der Waals surface area contributed by atoms with Gasteiger partial charge in [0.25, 0.3) is 5.91 Å². The summed E-state index contributed by atoms with van der Waals surface area (Å²) in [6, 6.07) is 11.5. The van der Waals surface area contributed by atoms with E-state index in [0.717, 1.165) is 16.7 Å². The quantitative estimate of drug-likeness (QED) is 0.805. The van der Waals surface area contributed by atoms with E-state index in [9.17, 15) is 4.79 Å². The van der Waals surface area contributed by atoms with Crippen LogP contribution in [0.15, 0.2) is 42.6 Å². The van der Waals surface area contributed by atoms with E-state index >= 15 is 0 Å². The van der Waals surface area contributed by atoms with Crippen LogP contribution < -0.4 is 4.74 Å². The SMILES string of the molecule is Cc1cccc(OC2CN(C(=O)c3ccc4cn[nH]c4n3)C2)c1. The molecular formula is C17H16N4O2. The highest BCUT2D eigenvalue weighted by atomic mass is 16.5. The molecule has 6 nitrogen and oxygen atoms in total. The summed E-state index contributed by atoms with van der Waals surface area (Å²) in [5.74, 6) is 0.768. The maximum absolute atomic E-state index is 12.4. The van der Waals surface area contributed by atoms with Gasteiger partial charge in [-0.05, 0) is 36.8 Å². The second-order valence-electron chi connectivity index (χ2n) is 5.77. The molecular weight excluding hydrogens is 292 g/mol. The maximum atomic E-state index is 12.4. The number of aromatic nitrogens is 3. The van der Waals surface area contributed by atoms with E-state index in [-0.39, 0.29) is 12.0 Å². The van der Waals surface area contributed by atoms with Crippen LogP contribution in [0.1, 0.15) is 16.1 Å². The van der Waals surface area contributed by atoms with Crippen LogP contribution in [0.4, 0.5) is 0 Å². The van der Waals surface area contributed by atoms with E-state index in [4.69, 9.17) is 4.74 Å². The van der Waals surface area contributed by atoms with Crippen molar-refractivity contribution in [2.45, 2.75) is 13.0 Å². The summed E-state index contributed by atoms with van der Waals surface area (Å²) in [6.45, 7) is 3.19. The first-order valence-corrected chi connectivity index (χ1v) is 7.52. The number of nitrogens with one attached hydrogen (secondary N) is 1. The molecule has 0 radical (unpaired) electrons. The summed E-state index contributed by atoms with van der Waals surface area (Å²) in [5, 5.41) is 7.59. The zero-order chi connectivity index (χ0) is 15.8. The zero-order valence-electron chi connectivity index (χ0n) is 12.7. The number of carbonyl (C=O) groups is 1. The molecule has 1 aliphatic heterocycles. The molecule has 1 fully saturated rings. The minimum absolute atomic E-state index is 0.0386. The van der Waals surface area contributed by atoms with Gasteiger partial charge < -0.3 is 9.64 Å². The Kier molecular flexibility index (Phi) is 3.22. The molecule has 1 aliphatic rings. The molecule has 0 unspecified atom stereocenters. The van der Waals surface area contributed by atoms with Gasteiger partial charge in [0.05, 0.1) is 19.3 Å². The summed E-state index contributed by atoms with van der Waals surface area (Å²) in [5.41, 5.74) is 2.21. The van der Waals surface area contributed by atoms with Crippen molar-refractivity contribution in [2.75, 3.05) is 13.1 Å². The molecule has 1 aromatic carbocycles. The van der Waals surface area contributed by atoms with Crippen molar-refractivity contribution in [1.82, 2.24) is 20.1 Å². The monoisotopic (exact) mass is 308 g/mol. The lowest BCUT2D eigenvalue weighted by Crippen LogP contribution is -2.56. The van der Waals surface area contributed by atoms with Crippen molar-refractivity contribution in [3.8, 4) is 5.75 Å². The number of hydrogen-bond acceptors (Lipinski definition) is 4. The number of carbonyl (C=O) groups excluding carboxylic acids is 1. The average molecular weight is 308 g/mol. The highest BCUT2D eigenvalue weighted by molar-refractivity contribution is 5.94. The van der Waals surface area contributed by atoms with E-state index in [1.165, 1.54) is 0 Å². The highest BCUT2D eigenvalue weighted by Gasteiger charge is 2.33. The first-order valence-electron chi connectivity index (χ1n) is 7.52. The lowest BCUT2D eigenvalue weighted by atomic mass is 10.1. The predicted molar refractivity (Wildman–Crippen MR) is 85.4 cm³/mol. The minimum Gasteiger partial charge on any atom is -0.487 e. The van der Waals surface area contributed by atoms with Gasteiger partial charge >= 0.3 is 0 Å². The Labute approximate surface area is 133 Å². The smallest absolute Gasteiger partial charge is 0.272 e. The Balaban J connectivity index is 1.40. The summed E-state index contributed by atoms with van der Waals surface area (Å²) in [6.07, 6.45) is 1.73. The molecule has 1 saturated heterocycles.